The molecule has 0 saturated carbocycles. The van der Waals surface area contributed by atoms with Crippen LogP contribution in [0.15, 0.2) is 29.2 Å². The van der Waals surface area contributed by atoms with E-state index in [9.17, 15) is 0 Å². The summed E-state index contributed by atoms with van der Waals surface area (Å²) in [6, 6.07) is 8.17. The first kappa shape index (κ1) is 10.4. The van der Waals surface area contributed by atoms with Crippen molar-refractivity contribution in [1.29, 1.82) is 0 Å². The normalized spacial score (nSPS) is 12.5. The van der Waals surface area contributed by atoms with Crippen LogP contribution in [0.2, 0.25) is 0 Å². The van der Waals surface area contributed by atoms with Gasteiger partial charge in [-0.1, -0.05) is 0 Å². The lowest BCUT2D eigenvalue weighted by Gasteiger charge is -2.08. The number of aliphatic hydroxyl groups is 1. The van der Waals surface area contributed by atoms with E-state index in [4.69, 9.17) is 5.11 Å². The first-order chi connectivity index (χ1) is 6.22. The quantitative estimate of drug-likeness (QED) is 0.726. The second-order valence-electron chi connectivity index (χ2n) is 2.96. The highest BCUT2D eigenvalue weighted by Crippen LogP contribution is 2.17. The summed E-state index contributed by atoms with van der Waals surface area (Å²) in [4.78, 5) is 1.25. The van der Waals surface area contributed by atoms with Crippen molar-refractivity contribution < 1.29 is 5.11 Å². The average Bonchev–Trinajstić information content (AvgIpc) is 2.15. The van der Waals surface area contributed by atoms with E-state index in [1.807, 2.05) is 12.1 Å². The minimum atomic E-state index is -0.305. The van der Waals surface area contributed by atoms with Crippen LogP contribution in [-0.4, -0.2) is 24.0 Å². The first-order valence-electron chi connectivity index (χ1n) is 4.28. The average molecular weight is 197 g/mol. The van der Waals surface area contributed by atoms with Gasteiger partial charge in [-0.15, -0.1) is 11.8 Å². The molecular formula is C10H15NOS. The van der Waals surface area contributed by atoms with Gasteiger partial charge in [-0.25, -0.2) is 0 Å². The molecule has 0 heterocycles. The summed E-state index contributed by atoms with van der Waals surface area (Å²) in [5.74, 6) is 0. The summed E-state index contributed by atoms with van der Waals surface area (Å²) in [6.07, 6.45) is 1.75. The Morgan fingerprint density at radius 3 is 2.46 bits per heavy atom. The summed E-state index contributed by atoms with van der Waals surface area (Å²) >= 11 is 1.72. The zero-order valence-electron chi connectivity index (χ0n) is 7.95. The molecule has 0 spiro atoms. The van der Waals surface area contributed by atoms with E-state index >= 15 is 0 Å². The lowest BCUT2D eigenvalue weighted by molar-refractivity contribution is 0.208. The number of hydrogen-bond donors (Lipinski definition) is 2. The van der Waals surface area contributed by atoms with Gasteiger partial charge in [-0.05, 0) is 37.4 Å². The Morgan fingerprint density at radius 2 is 2.00 bits per heavy atom. The summed E-state index contributed by atoms with van der Waals surface area (Å²) in [5.41, 5.74) is 1.05. The third kappa shape index (κ3) is 3.70. The molecule has 0 aliphatic rings. The number of thioether (sulfide) groups is 1. The highest BCUT2D eigenvalue weighted by Gasteiger charge is 1.95. The minimum absolute atomic E-state index is 0.305. The van der Waals surface area contributed by atoms with E-state index in [0.717, 1.165) is 5.69 Å². The topological polar surface area (TPSA) is 32.3 Å². The lowest BCUT2D eigenvalue weighted by atomic mass is 10.3. The Labute approximate surface area is 83.4 Å². The third-order valence-electron chi connectivity index (χ3n) is 1.69. The fourth-order valence-electron chi connectivity index (χ4n) is 0.974. The van der Waals surface area contributed by atoms with Gasteiger partial charge < -0.3 is 10.4 Å². The van der Waals surface area contributed by atoms with Crippen LogP contribution in [0.4, 0.5) is 5.69 Å². The largest absolute Gasteiger partial charge is 0.392 e. The molecular weight excluding hydrogens is 182 g/mol. The van der Waals surface area contributed by atoms with Crippen LogP contribution in [0.5, 0.6) is 0 Å². The molecule has 0 aliphatic carbocycles. The van der Waals surface area contributed by atoms with Gasteiger partial charge in [0.15, 0.2) is 0 Å². The van der Waals surface area contributed by atoms with E-state index in [1.165, 1.54) is 4.90 Å². The van der Waals surface area contributed by atoms with E-state index in [2.05, 4.69) is 23.7 Å². The van der Waals surface area contributed by atoms with Crippen molar-refractivity contribution in [2.45, 2.75) is 17.9 Å². The van der Waals surface area contributed by atoms with Gasteiger partial charge >= 0.3 is 0 Å². The first-order valence-corrected chi connectivity index (χ1v) is 5.51. The molecule has 72 valence electrons. The van der Waals surface area contributed by atoms with E-state index in [0.29, 0.717) is 6.54 Å². The monoisotopic (exact) mass is 197 g/mol. The van der Waals surface area contributed by atoms with Crippen LogP contribution in [0.1, 0.15) is 6.92 Å². The van der Waals surface area contributed by atoms with Crippen molar-refractivity contribution in [1.82, 2.24) is 0 Å². The second kappa shape index (κ2) is 5.14. The zero-order valence-corrected chi connectivity index (χ0v) is 8.77. The number of rotatable bonds is 4. The van der Waals surface area contributed by atoms with Crippen LogP contribution in [0, 0.1) is 0 Å². The molecule has 3 heteroatoms. The number of aliphatic hydroxyl groups excluding tert-OH is 1. The molecule has 0 bridgehead atoms. The number of nitrogens with one attached hydrogen (secondary N) is 1. The van der Waals surface area contributed by atoms with Crippen LogP contribution < -0.4 is 5.32 Å². The Hall–Kier alpha value is -0.670. The second-order valence-corrected chi connectivity index (χ2v) is 3.84. The SMILES string of the molecule is CSc1ccc(NC[C@H](C)O)cc1. The predicted octanol–water partition coefficient (Wildman–Crippen LogP) is 2.20. The molecule has 0 fully saturated rings. The van der Waals surface area contributed by atoms with Crippen LogP contribution in [0.25, 0.3) is 0 Å². The van der Waals surface area contributed by atoms with Gasteiger partial charge in [-0.3, -0.25) is 0 Å². The van der Waals surface area contributed by atoms with Crippen LogP contribution >= 0.6 is 11.8 Å². The number of hydrogen-bond acceptors (Lipinski definition) is 3. The molecule has 1 atom stereocenters. The third-order valence-corrected chi connectivity index (χ3v) is 2.44. The smallest absolute Gasteiger partial charge is 0.0684 e. The summed E-state index contributed by atoms with van der Waals surface area (Å²) < 4.78 is 0. The zero-order chi connectivity index (χ0) is 9.68. The van der Waals surface area contributed by atoms with E-state index in [1.54, 1.807) is 18.7 Å². The molecule has 0 aromatic heterocycles. The maximum absolute atomic E-state index is 9.05. The molecule has 1 aromatic rings. The molecule has 0 saturated heterocycles. The minimum Gasteiger partial charge on any atom is -0.392 e. The van der Waals surface area contributed by atoms with Crippen LogP contribution in [-0.2, 0) is 0 Å². The van der Waals surface area contributed by atoms with Gasteiger partial charge in [0.25, 0.3) is 0 Å². The van der Waals surface area contributed by atoms with Gasteiger partial charge in [0.2, 0.25) is 0 Å². The Morgan fingerprint density at radius 1 is 1.38 bits per heavy atom. The van der Waals surface area contributed by atoms with Crippen molar-refractivity contribution in [3.8, 4) is 0 Å². The van der Waals surface area contributed by atoms with Gasteiger partial charge in [-0.2, -0.15) is 0 Å². The highest BCUT2D eigenvalue weighted by molar-refractivity contribution is 7.98. The van der Waals surface area contributed by atoms with E-state index in [-0.39, 0.29) is 6.10 Å². The fourth-order valence-corrected chi connectivity index (χ4v) is 1.38. The molecule has 13 heavy (non-hydrogen) atoms. The highest BCUT2D eigenvalue weighted by atomic mass is 32.2. The Kier molecular flexibility index (Phi) is 4.12. The molecule has 1 aromatic carbocycles. The standard InChI is InChI=1S/C10H15NOS/c1-8(12)7-11-9-3-5-10(13-2)6-4-9/h3-6,8,11-12H,7H2,1-2H3/t8-/m0/s1. The van der Waals surface area contributed by atoms with Crippen molar-refractivity contribution in [3.63, 3.8) is 0 Å². The molecule has 0 unspecified atom stereocenters. The maximum atomic E-state index is 9.05. The summed E-state index contributed by atoms with van der Waals surface area (Å²) in [7, 11) is 0. The Balaban J connectivity index is 2.49. The van der Waals surface area contributed by atoms with Crippen molar-refractivity contribution in [2.75, 3.05) is 18.1 Å². The molecule has 1 rings (SSSR count). The Bertz CT molecular complexity index is 246. The number of anilines is 1. The van der Waals surface area contributed by atoms with Crippen molar-refractivity contribution >= 4 is 17.4 Å². The molecule has 0 aliphatic heterocycles. The summed E-state index contributed by atoms with van der Waals surface area (Å²) in [5, 5.41) is 12.2. The predicted molar refractivity (Wildman–Crippen MR) is 58.4 cm³/mol. The van der Waals surface area contributed by atoms with Gasteiger partial charge in [0, 0.05) is 17.1 Å². The number of benzene rings is 1. The molecule has 2 N–H and O–H groups in total. The molecule has 0 radical (unpaired) electrons. The van der Waals surface area contributed by atoms with Crippen molar-refractivity contribution in [3.05, 3.63) is 24.3 Å². The summed E-state index contributed by atoms with van der Waals surface area (Å²) in [6.45, 7) is 2.36. The fraction of sp³-hybridized carbons (Fsp3) is 0.400. The van der Waals surface area contributed by atoms with Crippen molar-refractivity contribution in [2.24, 2.45) is 0 Å². The molecule has 2 nitrogen and oxygen atoms in total. The van der Waals surface area contributed by atoms with Gasteiger partial charge in [0.05, 0.1) is 6.10 Å². The van der Waals surface area contributed by atoms with E-state index < -0.39 is 0 Å². The molecule has 0 amide bonds. The maximum Gasteiger partial charge on any atom is 0.0684 e. The lowest BCUT2D eigenvalue weighted by Crippen LogP contribution is -2.15. The van der Waals surface area contributed by atoms with Crippen LogP contribution in [0.3, 0.4) is 0 Å². The van der Waals surface area contributed by atoms with Gasteiger partial charge in [0.1, 0.15) is 0 Å².